The van der Waals surface area contributed by atoms with Crippen molar-refractivity contribution in [2.45, 2.75) is 6.10 Å². The van der Waals surface area contributed by atoms with Crippen LogP contribution >= 0.6 is 0 Å². The van der Waals surface area contributed by atoms with Crippen molar-refractivity contribution in [3.8, 4) is 5.75 Å². The van der Waals surface area contributed by atoms with Crippen molar-refractivity contribution >= 4 is 11.9 Å². The first-order valence-corrected chi connectivity index (χ1v) is 5.92. The maximum absolute atomic E-state index is 11.3. The molecule has 2 aromatic carbocycles. The van der Waals surface area contributed by atoms with Crippen molar-refractivity contribution in [1.82, 2.24) is 0 Å². The standard InChI is InChI=1S/C15H13NO4/c16-14(17)11-7-4-8-12(9-11)20-13(15(18)19)10-5-2-1-3-6-10/h1-9,13H,(H2,16,17)(H,18,19). The first kappa shape index (κ1) is 13.6. The second-order valence-corrected chi connectivity index (χ2v) is 4.14. The molecule has 1 atom stereocenters. The topological polar surface area (TPSA) is 89.6 Å². The van der Waals surface area contributed by atoms with Gasteiger partial charge in [0.1, 0.15) is 5.75 Å². The molecule has 5 heteroatoms. The van der Waals surface area contributed by atoms with Gasteiger partial charge in [0.15, 0.2) is 0 Å². The largest absolute Gasteiger partial charge is 0.478 e. The van der Waals surface area contributed by atoms with Gasteiger partial charge in [-0.05, 0) is 18.2 Å². The fraction of sp³-hybridized carbons (Fsp3) is 0.0667. The SMILES string of the molecule is NC(=O)c1cccc(OC(C(=O)O)c2ccccc2)c1. The molecule has 0 aliphatic heterocycles. The van der Waals surface area contributed by atoms with Gasteiger partial charge in [-0.25, -0.2) is 4.79 Å². The van der Waals surface area contributed by atoms with Crippen molar-refractivity contribution in [3.63, 3.8) is 0 Å². The summed E-state index contributed by atoms with van der Waals surface area (Å²) in [5.41, 5.74) is 5.96. The van der Waals surface area contributed by atoms with Crippen LogP contribution in [0.2, 0.25) is 0 Å². The fourth-order valence-electron chi connectivity index (χ4n) is 1.75. The number of carbonyl (C=O) groups excluding carboxylic acids is 1. The third-order valence-corrected chi connectivity index (χ3v) is 2.70. The van der Waals surface area contributed by atoms with E-state index in [-0.39, 0.29) is 11.3 Å². The van der Waals surface area contributed by atoms with E-state index in [1.807, 2.05) is 0 Å². The molecule has 0 spiro atoms. The van der Waals surface area contributed by atoms with Gasteiger partial charge in [-0.3, -0.25) is 4.79 Å². The monoisotopic (exact) mass is 271 g/mol. The number of benzene rings is 2. The predicted octanol–water partition coefficient (Wildman–Crippen LogP) is 1.99. The van der Waals surface area contributed by atoms with E-state index in [1.165, 1.54) is 12.1 Å². The number of amides is 1. The minimum Gasteiger partial charge on any atom is -0.478 e. The van der Waals surface area contributed by atoms with Gasteiger partial charge < -0.3 is 15.6 Å². The summed E-state index contributed by atoms with van der Waals surface area (Å²) in [7, 11) is 0. The molecule has 0 radical (unpaired) electrons. The van der Waals surface area contributed by atoms with Crippen LogP contribution in [0.15, 0.2) is 54.6 Å². The Morgan fingerprint density at radius 2 is 1.75 bits per heavy atom. The molecule has 0 aliphatic carbocycles. The summed E-state index contributed by atoms with van der Waals surface area (Å²) in [6, 6.07) is 14.7. The van der Waals surface area contributed by atoms with Crippen molar-refractivity contribution in [1.29, 1.82) is 0 Å². The summed E-state index contributed by atoms with van der Waals surface area (Å²) >= 11 is 0. The van der Waals surface area contributed by atoms with Crippen LogP contribution in [0.3, 0.4) is 0 Å². The van der Waals surface area contributed by atoms with E-state index in [1.54, 1.807) is 42.5 Å². The highest BCUT2D eigenvalue weighted by molar-refractivity contribution is 5.93. The lowest BCUT2D eigenvalue weighted by molar-refractivity contribution is -0.145. The lowest BCUT2D eigenvalue weighted by atomic mass is 10.1. The third-order valence-electron chi connectivity index (χ3n) is 2.70. The van der Waals surface area contributed by atoms with Crippen LogP contribution in [-0.2, 0) is 4.79 Å². The number of nitrogens with two attached hydrogens (primary N) is 1. The zero-order valence-corrected chi connectivity index (χ0v) is 10.5. The maximum Gasteiger partial charge on any atom is 0.349 e. The molecular formula is C15H13NO4. The summed E-state index contributed by atoms with van der Waals surface area (Å²) in [5, 5.41) is 9.25. The van der Waals surface area contributed by atoms with E-state index in [0.717, 1.165) is 0 Å². The number of aliphatic carboxylic acids is 1. The Morgan fingerprint density at radius 1 is 1.05 bits per heavy atom. The van der Waals surface area contributed by atoms with E-state index in [2.05, 4.69) is 0 Å². The molecule has 3 N–H and O–H groups in total. The minimum absolute atomic E-state index is 0.264. The molecule has 0 saturated heterocycles. The van der Waals surface area contributed by atoms with Crippen molar-refractivity contribution in [2.75, 3.05) is 0 Å². The number of rotatable bonds is 5. The van der Waals surface area contributed by atoms with E-state index in [9.17, 15) is 14.7 Å². The summed E-state index contributed by atoms with van der Waals surface area (Å²) in [5.74, 6) is -1.43. The molecule has 2 aromatic rings. The predicted molar refractivity (Wildman–Crippen MR) is 72.4 cm³/mol. The first-order valence-electron chi connectivity index (χ1n) is 5.92. The van der Waals surface area contributed by atoms with Gasteiger partial charge in [-0.1, -0.05) is 36.4 Å². The van der Waals surface area contributed by atoms with Crippen molar-refractivity contribution in [2.24, 2.45) is 5.73 Å². The molecule has 1 unspecified atom stereocenters. The molecule has 0 bridgehead atoms. The quantitative estimate of drug-likeness (QED) is 0.870. The van der Waals surface area contributed by atoms with Crippen LogP contribution in [-0.4, -0.2) is 17.0 Å². The highest BCUT2D eigenvalue weighted by Crippen LogP contribution is 2.23. The molecule has 20 heavy (non-hydrogen) atoms. The summed E-state index contributed by atoms with van der Waals surface area (Å²) in [6.07, 6.45) is -1.14. The Hall–Kier alpha value is -2.82. The number of primary amides is 1. The van der Waals surface area contributed by atoms with Gasteiger partial charge in [0.25, 0.3) is 0 Å². The highest BCUT2D eigenvalue weighted by Gasteiger charge is 2.21. The molecule has 0 aliphatic rings. The molecule has 5 nitrogen and oxygen atoms in total. The lowest BCUT2D eigenvalue weighted by Crippen LogP contribution is -2.18. The van der Waals surface area contributed by atoms with Gasteiger partial charge in [-0.15, -0.1) is 0 Å². The van der Waals surface area contributed by atoms with Crippen molar-refractivity contribution < 1.29 is 19.4 Å². The molecular weight excluding hydrogens is 258 g/mol. The number of carboxylic acids is 1. The molecule has 2 rings (SSSR count). The maximum atomic E-state index is 11.3. The zero-order valence-electron chi connectivity index (χ0n) is 10.5. The number of hydrogen-bond donors (Lipinski definition) is 2. The first-order chi connectivity index (χ1) is 9.58. The molecule has 0 heterocycles. The summed E-state index contributed by atoms with van der Waals surface area (Å²) < 4.78 is 5.45. The van der Waals surface area contributed by atoms with Crippen LogP contribution in [0.25, 0.3) is 0 Å². The van der Waals surface area contributed by atoms with Gasteiger partial charge in [0.2, 0.25) is 12.0 Å². The van der Waals surface area contributed by atoms with Gasteiger partial charge >= 0.3 is 5.97 Å². The lowest BCUT2D eigenvalue weighted by Gasteiger charge is -2.15. The van der Waals surface area contributed by atoms with Gasteiger partial charge in [0, 0.05) is 11.1 Å². The van der Waals surface area contributed by atoms with Crippen LogP contribution < -0.4 is 10.5 Å². The Labute approximate surface area is 115 Å². The Bertz CT molecular complexity index is 625. The van der Waals surface area contributed by atoms with E-state index >= 15 is 0 Å². The van der Waals surface area contributed by atoms with Gasteiger partial charge in [-0.2, -0.15) is 0 Å². The smallest absolute Gasteiger partial charge is 0.349 e. The number of hydrogen-bond acceptors (Lipinski definition) is 3. The van der Waals surface area contributed by atoms with Gasteiger partial charge in [0.05, 0.1) is 0 Å². The Kier molecular flexibility index (Phi) is 4.00. The second-order valence-electron chi connectivity index (χ2n) is 4.14. The number of carbonyl (C=O) groups is 2. The fourth-order valence-corrected chi connectivity index (χ4v) is 1.75. The molecule has 0 fully saturated rings. The van der Waals surface area contributed by atoms with E-state index < -0.39 is 18.0 Å². The van der Waals surface area contributed by atoms with Crippen LogP contribution in [0, 0.1) is 0 Å². The Morgan fingerprint density at radius 3 is 2.35 bits per heavy atom. The van der Waals surface area contributed by atoms with E-state index in [4.69, 9.17) is 10.5 Å². The second kappa shape index (κ2) is 5.88. The minimum atomic E-state index is -1.14. The normalized spacial score (nSPS) is 11.6. The molecule has 0 aromatic heterocycles. The van der Waals surface area contributed by atoms with Crippen LogP contribution in [0.1, 0.15) is 22.0 Å². The highest BCUT2D eigenvalue weighted by atomic mass is 16.5. The number of ether oxygens (including phenoxy) is 1. The van der Waals surface area contributed by atoms with Crippen molar-refractivity contribution in [3.05, 3.63) is 65.7 Å². The third kappa shape index (κ3) is 3.14. The van der Waals surface area contributed by atoms with E-state index in [0.29, 0.717) is 5.56 Å². The van der Waals surface area contributed by atoms with Crippen LogP contribution in [0.4, 0.5) is 0 Å². The molecule has 1 amide bonds. The van der Waals surface area contributed by atoms with Crippen LogP contribution in [0.5, 0.6) is 5.75 Å². The average Bonchev–Trinajstić information content (AvgIpc) is 2.45. The summed E-state index contributed by atoms with van der Waals surface area (Å²) in [4.78, 5) is 22.4. The zero-order chi connectivity index (χ0) is 14.5. The summed E-state index contributed by atoms with van der Waals surface area (Å²) in [6.45, 7) is 0. The number of carboxylic acid groups (broad SMARTS) is 1. The Balaban J connectivity index is 2.27. The average molecular weight is 271 g/mol. The molecule has 0 saturated carbocycles. The molecule has 102 valence electrons.